The summed E-state index contributed by atoms with van der Waals surface area (Å²) in [7, 11) is 0. The number of aliphatic hydroxyl groups is 1. The van der Waals surface area contributed by atoms with Gasteiger partial charge in [0.1, 0.15) is 6.23 Å². The second-order valence-corrected chi connectivity index (χ2v) is 5.07. The fraction of sp³-hybridized carbons (Fsp3) is 0.143. The van der Waals surface area contributed by atoms with Gasteiger partial charge in [0, 0.05) is 12.1 Å². The summed E-state index contributed by atoms with van der Waals surface area (Å²) in [5.41, 5.74) is 2.72. The summed E-state index contributed by atoms with van der Waals surface area (Å²) in [4.78, 5) is 1.79. The van der Waals surface area contributed by atoms with Gasteiger partial charge in [-0.25, -0.2) is 0 Å². The summed E-state index contributed by atoms with van der Waals surface area (Å²) in [5.74, 6) is 0. The molecule has 18 heavy (non-hydrogen) atoms. The lowest BCUT2D eigenvalue weighted by atomic mass is 10.2. The molecular formula is C14H11Cl2NO. The van der Waals surface area contributed by atoms with Crippen LogP contribution in [-0.2, 0) is 6.42 Å². The SMILES string of the molecule is OC1Cc2ccccc2N1c1c(Cl)cccc1Cl. The van der Waals surface area contributed by atoms with Crippen molar-refractivity contribution >= 4 is 34.6 Å². The number of anilines is 2. The van der Waals surface area contributed by atoms with E-state index in [1.165, 1.54) is 0 Å². The van der Waals surface area contributed by atoms with E-state index < -0.39 is 6.23 Å². The van der Waals surface area contributed by atoms with Gasteiger partial charge in [-0.15, -0.1) is 0 Å². The van der Waals surface area contributed by atoms with Gasteiger partial charge >= 0.3 is 0 Å². The Bertz CT molecular complexity index is 580. The predicted molar refractivity (Wildman–Crippen MR) is 74.8 cm³/mol. The number of benzene rings is 2. The maximum atomic E-state index is 10.2. The van der Waals surface area contributed by atoms with Crippen LogP contribution in [0, 0.1) is 0 Å². The fourth-order valence-electron chi connectivity index (χ4n) is 2.36. The monoisotopic (exact) mass is 279 g/mol. The third kappa shape index (κ3) is 1.77. The van der Waals surface area contributed by atoms with Crippen LogP contribution in [0.5, 0.6) is 0 Å². The fourth-order valence-corrected chi connectivity index (χ4v) is 2.94. The first-order chi connectivity index (χ1) is 8.68. The summed E-state index contributed by atoms with van der Waals surface area (Å²) in [6.45, 7) is 0. The standard InChI is InChI=1S/C14H11Cl2NO/c15-10-5-3-6-11(16)14(10)17-12-7-2-1-4-9(12)8-13(17)18/h1-7,13,18H,8H2. The van der Waals surface area contributed by atoms with Crippen LogP contribution in [0.1, 0.15) is 5.56 Å². The van der Waals surface area contributed by atoms with Crippen LogP contribution in [0.3, 0.4) is 0 Å². The van der Waals surface area contributed by atoms with E-state index in [4.69, 9.17) is 23.2 Å². The van der Waals surface area contributed by atoms with Gasteiger partial charge < -0.3 is 10.0 Å². The number of aliphatic hydroxyl groups excluding tert-OH is 1. The Hall–Kier alpha value is -1.22. The molecular weight excluding hydrogens is 269 g/mol. The van der Waals surface area contributed by atoms with Gasteiger partial charge in [0.15, 0.2) is 0 Å². The predicted octanol–water partition coefficient (Wildman–Crippen LogP) is 4.01. The Labute approximate surface area is 115 Å². The molecule has 2 aromatic carbocycles. The summed E-state index contributed by atoms with van der Waals surface area (Å²) in [5, 5.41) is 11.3. The molecule has 0 spiro atoms. The third-order valence-corrected chi connectivity index (χ3v) is 3.74. The third-order valence-electron chi connectivity index (χ3n) is 3.13. The smallest absolute Gasteiger partial charge is 0.135 e. The van der Waals surface area contributed by atoms with Crippen LogP contribution >= 0.6 is 23.2 Å². The van der Waals surface area contributed by atoms with Crippen molar-refractivity contribution < 1.29 is 5.11 Å². The van der Waals surface area contributed by atoms with E-state index in [0.717, 1.165) is 11.3 Å². The van der Waals surface area contributed by atoms with Crippen molar-refractivity contribution in [1.29, 1.82) is 0 Å². The molecule has 1 atom stereocenters. The van der Waals surface area contributed by atoms with Crippen LogP contribution in [-0.4, -0.2) is 11.3 Å². The van der Waals surface area contributed by atoms with Crippen molar-refractivity contribution in [2.24, 2.45) is 0 Å². The Balaban J connectivity index is 2.18. The summed E-state index contributed by atoms with van der Waals surface area (Å²) >= 11 is 12.4. The summed E-state index contributed by atoms with van der Waals surface area (Å²) in [6.07, 6.45) is -0.0441. The maximum absolute atomic E-state index is 10.2. The van der Waals surface area contributed by atoms with Crippen LogP contribution in [0.15, 0.2) is 42.5 Å². The number of rotatable bonds is 1. The molecule has 0 aliphatic carbocycles. The Morgan fingerprint density at radius 1 is 1.00 bits per heavy atom. The van der Waals surface area contributed by atoms with E-state index in [2.05, 4.69) is 0 Å². The average Bonchev–Trinajstić information content (AvgIpc) is 2.66. The van der Waals surface area contributed by atoms with Gasteiger partial charge in [-0.05, 0) is 23.8 Å². The van der Waals surface area contributed by atoms with Gasteiger partial charge in [0.2, 0.25) is 0 Å². The first-order valence-corrected chi connectivity index (χ1v) is 6.43. The Kier molecular flexibility index (Phi) is 2.94. The van der Waals surface area contributed by atoms with E-state index in [0.29, 0.717) is 22.2 Å². The van der Waals surface area contributed by atoms with Crippen molar-refractivity contribution in [2.75, 3.05) is 4.90 Å². The largest absolute Gasteiger partial charge is 0.373 e. The van der Waals surface area contributed by atoms with Gasteiger partial charge in [-0.2, -0.15) is 0 Å². The van der Waals surface area contributed by atoms with Gasteiger partial charge in [-0.3, -0.25) is 0 Å². The molecule has 1 unspecified atom stereocenters. The molecule has 0 amide bonds. The number of hydrogen-bond donors (Lipinski definition) is 1. The number of para-hydroxylation sites is 2. The molecule has 0 saturated carbocycles. The van der Waals surface area contributed by atoms with E-state index in [1.807, 2.05) is 24.3 Å². The topological polar surface area (TPSA) is 23.5 Å². The van der Waals surface area contributed by atoms with Crippen molar-refractivity contribution in [3.8, 4) is 0 Å². The lowest BCUT2D eigenvalue weighted by Crippen LogP contribution is -2.27. The summed E-state index contributed by atoms with van der Waals surface area (Å²) < 4.78 is 0. The minimum Gasteiger partial charge on any atom is -0.373 e. The lowest BCUT2D eigenvalue weighted by molar-refractivity contribution is 0.191. The number of fused-ring (bicyclic) bond motifs is 1. The highest BCUT2D eigenvalue weighted by Gasteiger charge is 2.30. The molecule has 92 valence electrons. The van der Waals surface area contributed by atoms with E-state index in [1.54, 1.807) is 23.1 Å². The van der Waals surface area contributed by atoms with Crippen LogP contribution in [0.4, 0.5) is 11.4 Å². The number of hydrogen-bond acceptors (Lipinski definition) is 2. The van der Waals surface area contributed by atoms with E-state index >= 15 is 0 Å². The first-order valence-electron chi connectivity index (χ1n) is 5.67. The molecule has 1 aliphatic rings. The molecule has 1 N–H and O–H groups in total. The van der Waals surface area contributed by atoms with Crippen LogP contribution < -0.4 is 4.90 Å². The van der Waals surface area contributed by atoms with Crippen LogP contribution in [0.2, 0.25) is 10.0 Å². The first kappa shape index (κ1) is 11.8. The molecule has 0 aromatic heterocycles. The minimum absolute atomic E-state index is 0.540. The second-order valence-electron chi connectivity index (χ2n) is 4.25. The Morgan fingerprint density at radius 2 is 1.67 bits per heavy atom. The zero-order valence-electron chi connectivity index (χ0n) is 9.48. The van der Waals surface area contributed by atoms with Crippen molar-refractivity contribution in [3.05, 3.63) is 58.1 Å². The van der Waals surface area contributed by atoms with Crippen molar-refractivity contribution in [2.45, 2.75) is 12.6 Å². The van der Waals surface area contributed by atoms with Crippen molar-refractivity contribution in [1.82, 2.24) is 0 Å². The highest BCUT2D eigenvalue weighted by atomic mass is 35.5. The lowest BCUT2D eigenvalue weighted by Gasteiger charge is -2.25. The number of nitrogens with zero attached hydrogens (tertiary/aromatic N) is 1. The number of halogens is 2. The van der Waals surface area contributed by atoms with Crippen molar-refractivity contribution in [3.63, 3.8) is 0 Å². The molecule has 0 fully saturated rings. The molecule has 2 nitrogen and oxygen atoms in total. The van der Waals surface area contributed by atoms with E-state index in [9.17, 15) is 5.11 Å². The minimum atomic E-state index is -0.625. The molecule has 3 rings (SSSR count). The quantitative estimate of drug-likeness (QED) is 0.853. The van der Waals surface area contributed by atoms with Gasteiger partial charge in [0.05, 0.1) is 15.7 Å². The average molecular weight is 280 g/mol. The molecule has 0 saturated heterocycles. The highest BCUT2D eigenvalue weighted by molar-refractivity contribution is 6.39. The molecule has 0 radical (unpaired) electrons. The van der Waals surface area contributed by atoms with Crippen LogP contribution in [0.25, 0.3) is 0 Å². The Morgan fingerprint density at radius 3 is 2.39 bits per heavy atom. The zero-order chi connectivity index (χ0) is 12.7. The molecule has 4 heteroatoms. The highest BCUT2D eigenvalue weighted by Crippen LogP contribution is 2.43. The molecule has 2 aromatic rings. The van der Waals surface area contributed by atoms with E-state index in [-0.39, 0.29) is 0 Å². The molecule has 1 heterocycles. The summed E-state index contributed by atoms with van der Waals surface area (Å²) in [6, 6.07) is 13.2. The normalized spacial score (nSPS) is 17.9. The maximum Gasteiger partial charge on any atom is 0.135 e. The van der Waals surface area contributed by atoms with Gasteiger partial charge in [-0.1, -0.05) is 47.5 Å². The molecule has 1 aliphatic heterocycles. The molecule has 0 bridgehead atoms. The van der Waals surface area contributed by atoms with Gasteiger partial charge in [0.25, 0.3) is 0 Å². The zero-order valence-corrected chi connectivity index (χ0v) is 11.0. The second kappa shape index (κ2) is 4.47.